The molecule has 21 heavy (non-hydrogen) atoms. The van der Waals surface area contributed by atoms with Crippen LogP contribution in [0.4, 0.5) is 4.79 Å². The number of rotatable bonds is 6. The molecule has 3 amide bonds. The van der Waals surface area contributed by atoms with E-state index in [0.29, 0.717) is 12.8 Å². The second-order valence-corrected chi connectivity index (χ2v) is 5.33. The van der Waals surface area contributed by atoms with E-state index in [0.717, 1.165) is 19.3 Å². The molecule has 0 heterocycles. The highest BCUT2D eigenvalue weighted by atomic mass is 16.4. The van der Waals surface area contributed by atoms with E-state index in [1.165, 1.54) is 0 Å². The fourth-order valence-corrected chi connectivity index (χ4v) is 2.37. The predicted octanol–water partition coefficient (Wildman–Crippen LogP) is -0.302. The lowest BCUT2D eigenvalue weighted by atomic mass is 10.1. The molecule has 1 aliphatic carbocycles. The van der Waals surface area contributed by atoms with Gasteiger partial charge in [0.2, 0.25) is 5.91 Å². The van der Waals surface area contributed by atoms with Crippen molar-refractivity contribution >= 4 is 17.9 Å². The Bertz CT molecular complexity index is 388. The maximum Gasteiger partial charge on any atom is 0.326 e. The van der Waals surface area contributed by atoms with Gasteiger partial charge in [-0.3, -0.25) is 4.79 Å². The molecule has 8 heteroatoms. The number of aliphatic carboxylic acids is 1. The van der Waals surface area contributed by atoms with Gasteiger partial charge in [0.25, 0.3) is 0 Å². The molecule has 1 aliphatic rings. The van der Waals surface area contributed by atoms with Gasteiger partial charge in [0.15, 0.2) is 0 Å². The van der Waals surface area contributed by atoms with E-state index < -0.39 is 30.1 Å². The summed E-state index contributed by atoms with van der Waals surface area (Å²) >= 11 is 0. The maximum absolute atomic E-state index is 11.8. The fraction of sp³-hybridized carbons (Fsp3) is 0.769. The number of carboxylic acids is 1. The van der Waals surface area contributed by atoms with Gasteiger partial charge in [-0.1, -0.05) is 19.3 Å². The van der Waals surface area contributed by atoms with Crippen LogP contribution in [-0.4, -0.2) is 46.3 Å². The summed E-state index contributed by atoms with van der Waals surface area (Å²) < 4.78 is 0. The Labute approximate surface area is 123 Å². The monoisotopic (exact) mass is 301 g/mol. The molecule has 1 saturated carbocycles. The van der Waals surface area contributed by atoms with Crippen molar-refractivity contribution in [2.45, 2.75) is 63.1 Å². The molecule has 2 unspecified atom stereocenters. The quantitative estimate of drug-likeness (QED) is 0.428. The van der Waals surface area contributed by atoms with Crippen LogP contribution >= 0.6 is 0 Å². The van der Waals surface area contributed by atoms with E-state index in [2.05, 4.69) is 10.6 Å². The lowest BCUT2D eigenvalue weighted by Gasteiger charge is -2.23. The summed E-state index contributed by atoms with van der Waals surface area (Å²) in [7, 11) is 0. The molecule has 0 radical (unpaired) electrons. The molecule has 3 atom stereocenters. The zero-order chi connectivity index (χ0) is 15.8. The highest BCUT2D eigenvalue weighted by molar-refractivity contribution is 5.83. The van der Waals surface area contributed by atoms with E-state index in [1.54, 1.807) is 0 Å². The molecule has 0 spiro atoms. The van der Waals surface area contributed by atoms with Crippen molar-refractivity contribution in [2.75, 3.05) is 0 Å². The van der Waals surface area contributed by atoms with Gasteiger partial charge in [-0.05, 0) is 19.3 Å². The topological polar surface area (TPSA) is 142 Å². The average Bonchev–Trinajstić information content (AvgIpc) is 2.59. The second kappa shape index (κ2) is 8.46. The molecule has 0 aromatic heterocycles. The summed E-state index contributed by atoms with van der Waals surface area (Å²) in [5, 5.41) is 23.8. The minimum atomic E-state index is -1.23. The first-order valence-electron chi connectivity index (χ1n) is 7.16. The van der Waals surface area contributed by atoms with Crippen molar-refractivity contribution in [3.63, 3.8) is 0 Å². The maximum atomic E-state index is 11.8. The summed E-state index contributed by atoms with van der Waals surface area (Å²) in [6.45, 7) is 0. The van der Waals surface area contributed by atoms with Crippen LogP contribution in [0.25, 0.3) is 0 Å². The van der Waals surface area contributed by atoms with Crippen molar-refractivity contribution < 1.29 is 24.6 Å². The van der Waals surface area contributed by atoms with Crippen molar-refractivity contribution in [2.24, 2.45) is 5.73 Å². The van der Waals surface area contributed by atoms with Gasteiger partial charge in [0, 0.05) is 6.42 Å². The summed E-state index contributed by atoms with van der Waals surface area (Å²) in [6, 6.07) is -2.21. The Morgan fingerprint density at radius 2 is 1.86 bits per heavy atom. The largest absolute Gasteiger partial charge is 0.480 e. The van der Waals surface area contributed by atoms with Crippen molar-refractivity contribution in [3.8, 4) is 0 Å². The number of carbonyl (C=O) groups is 3. The summed E-state index contributed by atoms with van der Waals surface area (Å²) in [6.07, 6.45) is 3.31. The molecule has 0 aliphatic heterocycles. The average molecular weight is 301 g/mol. The molecular formula is C13H23N3O5. The molecule has 6 N–H and O–H groups in total. The molecule has 0 aromatic rings. The van der Waals surface area contributed by atoms with Gasteiger partial charge >= 0.3 is 12.0 Å². The molecule has 8 nitrogen and oxygen atoms in total. The number of aliphatic hydroxyl groups is 1. The molecule has 0 bridgehead atoms. The third-order valence-electron chi connectivity index (χ3n) is 3.58. The number of primary amides is 1. The van der Waals surface area contributed by atoms with Crippen LogP contribution in [0, 0.1) is 0 Å². The molecule has 0 saturated heterocycles. The smallest absolute Gasteiger partial charge is 0.326 e. The van der Waals surface area contributed by atoms with Crippen LogP contribution in [0.1, 0.15) is 44.9 Å². The predicted molar refractivity (Wildman–Crippen MR) is 74.4 cm³/mol. The van der Waals surface area contributed by atoms with Crippen molar-refractivity contribution in [1.82, 2.24) is 10.6 Å². The fourth-order valence-electron chi connectivity index (χ4n) is 2.37. The molecular weight excluding hydrogens is 278 g/mol. The molecule has 1 rings (SSSR count). The summed E-state index contributed by atoms with van der Waals surface area (Å²) in [5.41, 5.74) is 4.96. The van der Waals surface area contributed by atoms with Gasteiger partial charge < -0.3 is 26.6 Å². The number of nitrogens with two attached hydrogens (primary N) is 1. The number of nitrogens with one attached hydrogen (secondary N) is 2. The standard InChI is InChI=1S/C13H23N3O5/c14-11(18)7-6-9(12(19)20)16-13(21)15-8-4-2-1-3-5-10(8)17/h8-10,17H,1-7H2,(H2,14,18)(H,19,20)(H2,15,16,21)/t8?,9-,10?/m1/s1. The highest BCUT2D eigenvalue weighted by Gasteiger charge is 2.25. The minimum Gasteiger partial charge on any atom is -0.480 e. The number of hydrogen-bond donors (Lipinski definition) is 5. The Balaban J connectivity index is 2.48. The number of urea groups is 1. The summed E-state index contributed by atoms with van der Waals surface area (Å²) in [5.74, 6) is -1.85. The van der Waals surface area contributed by atoms with Gasteiger partial charge in [-0.15, -0.1) is 0 Å². The number of hydrogen-bond acceptors (Lipinski definition) is 4. The first-order valence-corrected chi connectivity index (χ1v) is 7.16. The minimum absolute atomic E-state index is 0.0642. The first kappa shape index (κ1) is 17.2. The number of carboxylic acid groups (broad SMARTS) is 1. The number of aliphatic hydroxyl groups excluding tert-OH is 1. The Morgan fingerprint density at radius 1 is 1.19 bits per heavy atom. The van der Waals surface area contributed by atoms with Crippen molar-refractivity contribution in [1.29, 1.82) is 0 Å². The van der Waals surface area contributed by atoms with Crippen LogP contribution in [0.5, 0.6) is 0 Å². The number of amides is 3. The SMILES string of the molecule is NC(=O)CC[C@@H](NC(=O)NC1CCCCCC1O)C(=O)O. The molecule has 120 valence electrons. The lowest BCUT2D eigenvalue weighted by Crippen LogP contribution is -2.51. The van der Waals surface area contributed by atoms with E-state index in [4.69, 9.17) is 10.8 Å². The van der Waals surface area contributed by atoms with Crippen molar-refractivity contribution in [3.05, 3.63) is 0 Å². The second-order valence-electron chi connectivity index (χ2n) is 5.33. The Morgan fingerprint density at radius 3 is 2.48 bits per heavy atom. The Hall–Kier alpha value is -1.83. The third-order valence-corrected chi connectivity index (χ3v) is 3.58. The van der Waals surface area contributed by atoms with E-state index in [9.17, 15) is 19.5 Å². The van der Waals surface area contributed by atoms with E-state index >= 15 is 0 Å². The first-order chi connectivity index (χ1) is 9.90. The van der Waals surface area contributed by atoms with Gasteiger partial charge in [0.05, 0.1) is 12.1 Å². The zero-order valence-electron chi connectivity index (χ0n) is 11.9. The van der Waals surface area contributed by atoms with E-state index in [-0.39, 0.29) is 18.9 Å². The lowest BCUT2D eigenvalue weighted by molar-refractivity contribution is -0.139. The normalized spacial score (nSPS) is 23.7. The number of carbonyl (C=O) groups excluding carboxylic acids is 2. The zero-order valence-corrected chi connectivity index (χ0v) is 11.9. The van der Waals surface area contributed by atoms with Crippen LogP contribution in [-0.2, 0) is 9.59 Å². The van der Waals surface area contributed by atoms with Gasteiger partial charge in [-0.25, -0.2) is 9.59 Å². The van der Waals surface area contributed by atoms with Crippen LogP contribution in [0.15, 0.2) is 0 Å². The Kier molecular flexibility index (Phi) is 6.93. The van der Waals surface area contributed by atoms with Crippen LogP contribution < -0.4 is 16.4 Å². The highest BCUT2D eigenvalue weighted by Crippen LogP contribution is 2.17. The van der Waals surface area contributed by atoms with Gasteiger partial charge in [0.1, 0.15) is 6.04 Å². The third kappa shape index (κ3) is 6.44. The molecule has 1 fully saturated rings. The van der Waals surface area contributed by atoms with Gasteiger partial charge in [-0.2, -0.15) is 0 Å². The van der Waals surface area contributed by atoms with Crippen LogP contribution in [0.2, 0.25) is 0 Å². The molecule has 0 aromatic carbocycles. The summed E-state index contributed by atoms with van der Waals surface area (Å²) in [4.78, 5) is 33.5. The van der Waals surface area contributed by atoms with Crippen LogP contribution in [0.3, 0.4) is 0 Å². The van der Waals surface area contributed by atoms with E-state index in [1.807, 2.05) is 0 Å².